The molecule has 0 saturated carbocycles. The first-order chi connectivity index (χ1) is 21.5. The molecule has 8 rings (SSSR count). The zero-order valence-electron chi connectivity index (χ0n) is 23.2. The van der Waals surface area contributed by atoms with E-state index in [9.17, 15) is 19.2 Å². The Hall–Kier alpha value is -5.32. The van der Waals surface area contributed by atoms with Crippen molar-refractivity contribution in [3.8, 4) is 0 Å². The summed E-state index contributed by atoms with van der Waals surface area (Å²) >= 11 is 0. The Bertz CT molecular complexity index is 1630. The Morgan fingerprint density at radius 3 is 1.00 bits per heavy atom. The van der Waals surface area contributed by atoms with E-state index in [-0.39, 0.29) is 0 Å². The number of hydrogen-bond donors (Lipinski definition) is 0. The van der Waals surface area contributed by atoms with Crippen LogP contribution in [0.15, 0.2) is 121 Å². The molecule has 4 aliphatic rings. The van der Waals surface area contributed by atoms with E-state index in [0.29, 0.717) is 22.7 Å². The second kappa shape index (κ2) is 10.1. The molecular formula is C34H26N4O6. The number of benzene rings is 4. The van der Waals surface area contributed by atoms with Crippen LogP contribution in [-0.2, 0) is 28.9 Å². The third-order valence-corrected chi connectivity index (χ3v) is 8.72. The Morgan fingerprint density at radius 2 is 0.682 bits per heavy atom. The minimum Gasteiger partial charge on any atom is -0.273 e. The molecule has 4 amide bonds. The Balaban J connectivity index is 1.28. The summed E-state index contributed by atoms with van der Waals surface area (Å²) in [5, 5.41) is 3.12. The van der Waals surface area contributed by atoms with Gasteiger partial charge in [-0.05, 0) is 48.5 Å². The maximum Gasteiger partial charge on any atom is 0.266 e. The molecule has 6 atom stereocenters. The second-order valence-electron chi connectivity index (χ2n) is 11.1. The van der Waals surface area contributed by atoms with E-state index >= 15 is 0 Å². The van der Waals surface area contributed by atoms with Crippen LogP contribution < -0.4 is 19.9 Å². The summed E-state index contributed by atoms with van der Waals surface area (Å²) in [6.07, 6.45) is -2.27. The van der Waals surface area contributed by atoms with Crippen molar-refractivity contribution in [2.24, 2.45) is 11.8 Å². The number of nitrogens with zero attached hydrogens (tertiary/aromatic N) is 4. The van der Waals surface area contributed by atoms with E-state index in [1.54, 1.807) is 70.8 Å². The number of carbonyl (C=O) groups excluding carboxylic acids is 4. The summed E-state index contributed by atoms with van der Waals surface area (Å²) in [6.45, 7) is 0. The van der Waals surface area contributed by atoms with Crippen LogP contribution in [0.2, 0.25) is 0 Å². The lowest BCUT2D eigenvalue weighted by Crippen LogP contribution is -2.55. The molecule has 0 unspecified atom stereocenters. The first-order valence-corrected chi connectivity index (χ1v) is 14.4. The van der Waals surface area contributed by atoms with Crippen molar-refractivity contribution < 1.29 is 28.9 Å². The second-order valence-corrected chi connectivity index (χ2v) is 11.1. The predicted molar refractivity (Wildman–Crippen MR) is 160 cm³/mol. The lowest BCUT2D eigenvalue weighted by molar-refractivity contribution is -0.128. The average Bonchev–Trinajstić information content (AvgIpc) is 3.78. The van der Waals surface area contributed by atoms with Gasteiger partial charge < -0.3 is 0 Å². The highest BCUT2D eigenvalue weighted by atomic mass is 16.7. The van der Waals surface area contributed by atoms with Gasteiger partial charge in [0.1, 0.15) is 11.8 Å². The van der Waals surface area contributed by atoms with Crippen LogP contribution in [0.1, 0.15) is 0 Å². The number of imide groups is 2. The fourth-order valence-electron chi connectivity index (χ4n) is 6.87. The van der Waals surface area contributed by atoms with Crippen molar-refractivity contribution >= 4 is 46.4 Å². The first kappa shape index (κ1) is 26.3. The lowest BCUT2D eigenvalue weighted by atomic mass is 9.82. The molecule has 0 aliphatic carbocycles. The van der Waals surface area contributed by atoms with E-state index in [2.05, 4.69) is 0 Å². The van der Waals surface area contributed by atoms with Crippen LogP contribution in [0.25, 0.3) is 0 Å². The number of rotatable bonds is 5. The first-order valence-electron chi connectivity index (χ1n) is 14.4. The van der Waals surface area contributed by atoms with Gasteiger partial charge in [-0.25, -0.2) is 19.9 Å². The minimum absolute atomic E-state index is 0.438. The molecule has 10 nitrogen and oxygen atoms in total. The summed E-state index contributed by atoms with van der Waals surface area (Å²) < 4.78 is 0. The van der Waals surface area contributed by atoms with Crippen LogP contribution >= 0.6 is 0 Å². The maximum absolute atomic E-state index is 14.3. The van der Waals surface area contributed by atoms with Gasteiger partial charge in [-0.15, -0.1) is 0 Å². The molecule has 4 aliphatic heterocycles. The highest BCUT2D eigenvalue weighted by molar-refractivity contribution is 6.25. The van der Waals surface area contributed by atoms with E-state index in [1.807, 2.05) is 60.7 Å². The highest BCUT2D eigenvalue weighted by Crippen LogP contribution is 2.49. The van der Waals surface area contributed by atoms with Gasteiger partial charge in [-0.2, -0.15) is 0 Å². The molecule has 10 heteroatoms. The molecule has 0 radical (unpaired) electrons. The molecule has 0 spiro atoms. The quantitative estimate of drug-likeness (QED) is 0.326. The van der Waals surface area contributed by atoms with Crippen LogP contribution in [0.5, 0.6) is 0 Å². The van der Waals surface area contributed by atoms with Crippen molar-refractivity contribution in [1.29, 1.82) is 0 Å². The molecule has 44 heavy (non-hydrogen) atoms. The smallest absolute Gasteiger partial charge is 0.266 e. The Kier molecular flexibility index (Phi) is 6.07. The van der Waals surface area contributed by atoms with Gasteiger partial charge in [0.15, 0.2) is 12.2 Å². The van der Waals surface area contributed by atoms with Gasteiger partial charge >= 0.3 is 0 Å². The third-order valence-electron chi connectivity index (χ3n) is 8.72. The van der Waals surface area contributed by atoms with E-state index < -0.39 is 59.8 Å². The van der Waals surface area contributed by atoms with Crippen LogP contribution in [0.4, 0.5) is 22.7 Å². The van der Waals surface area contributed by atoms with Gasteiger partial charge in [-0.3, -0.25) is 28.9 Å². The number of para-hydroxylation sites is 4. The Labute approximate surface area is 252 Å². The molecule has 4 aromatic rings. The van der Waals surface area contributed by atoms with Gasteiger partial charge in [0.05, 0.1) is 34.8 Å². The zero-order valence-corrected chi connectivity index (χ0v) is 23.2. The number of amides is 4. The fourth-order valence-corrected chi connectivity index (χ4v) is 6.87. The molecule has 0 aromatic heterocycles. The van der Waals surface area contributed by atoms with Crippen molar-refractivity contribution in [2.75, 3.05) is 19.9 Å². The molecule has 218 valence electrons. The zero-order chi connectivity index (χ0) is 29.9. The summed E-state index contributed by atoms with van der Waals surface area (Å²) in [6, 6.07) is 33.9. The molecule has 0 N–H and O–H groups in total. The molecule has 4 aromatic carbocycles. The number of hydrogen-bond acceptors (Lipinski definition) is 8. The van der Waals surface area contributed by atoms with Gasteiger partial charge in [-0.1, -0.05) is 72.8 Å². The van der Waals surface area contributed by atoms with E-state index in [0.717, 1.165) is 9.80 Å². The normalized spacial score (nSPS) is 27.8. The van der Waals surface area contributed by atoms with Crippen LogP contribution in [0.3, 0.4) is 0 Å². The number of hydroxylamine groups is 2. The highest BCUT2D eigenvalue weighted by Gasteiger charge is 2.69. The summed E-state index contributed by atoms with van der Waals surface area (Å²) in [5.41, 5.74) is 2.08. The summed E-state index contributed by atoms with van der Waals surface area (Å²) in [5.74, 6) is -3.84. The van der Waals surface area contributed by atoms with Crippen molar-refractivity contribution in [1.82, 2.24) is 0 Å². The predicted octanol–water partition coefficient (Wildman–Crippen LogP) is 3.74. The van der Waals surface area contributed by atoms with Crippen molar-refractivity contribution in [2.45, 2.75) is 24.3 Å². The number of carbonyl (C=O) groups is 4. The number of fused-ring (bicyclic) bond motifs is 2. The third kappa shape index (κ3) is 3.81. The lowest BCUT2D eigenvalue weighted by Gasteiger charge is -2.37. The number of anilines is 4. The monoisotopic (exact) mass is 586 g/mol. The molecule has 4 heterocycles. The minimum atomic E-state index is -1.14. The summed E-state index contributed by atoms with van der Waals surface area (Å²) in [7, 11) is 0. The van der Waals surface area contributed by atoms with Crippen molar-refractivity contribution in [3.05, 3.63) is 121 Å². The van der Waals surface area contributed by atoms with Gasteiger partial charge in [0.2, 0.25) is 11.8 Å². The SMILES string of the molecule is O=C1[C@@H]2[C@H]([C@@H]3[C@@H]4C(=O)N(c5ccccc5)C(=O)[C@@H]4ON3c3ccccc3)N(c3ccccc3)O[C@@H]2C(=O)N1c1ccccc1. The average molecular weight is 587 g/mol. The van der Waals surface area contributed by atoms with Crippen molar-refractivity contribution in [3.63, 3.8) is 0 Å². The topological polar surface area (TPSA) is 99.7 Å². The Morgan fingerprint density at radius 1 is 0.386 bits per heavy atom. The fraction of sp³-hybridized carbons (Fsp3) is 0.176. The summed E-state index contributed by atoms with van der Waals surface area (Å²) in [4.78, 5) is 71.3. The van der Waals surface area contributed by atoms with E-state index in [1.165, 1.54) is 0 Å². The molecule has 4 fully saturated rings. The van der Waals surface area contributed by atoms with Crippen LogP contribution in [0, 0.1) is 11.8 Å². The van der Waals surface area contributed by atoms with Gasteiger partial charge in [0, 0.05) is 0 Å². The molecule has 0 bridgehead atoms. The van der Waals surface area contributed by atoms with Crippen LogP contribution in [-0.4, -0.2) is 47.9 Å². The van der Waals surface area contributed by atoms with E-state index in [4.69, 9.17) is 9.68 Å². The molecule has 4 saturated heterocycles. The maximum atomic E-state index is 14.3. The van der Waals surface area contributed by atoms with Gasteiger partial charge in [0.25, 0.3) is 11.8 Å². The largest absolute Gasteiger partial charge is 0.273 e. The molecular weight excluding hydrogens is 560 g/mol. The standard InChI is InChI=1S/C34H26N4O6/c39-31-25-27(37(23-17-9-3-10-18-23)43-29(25)33(41)35(31)21-13-5-1-6-14-21)28-26-30(44-38(28)24-19-11-4-12-20-24)34(42)36(32(26)40)22-15-7-2-8-16-22/h1-20,25-30H/t25-,26+,27-,28+,29+,30-.